The van der Waals surface area contributed by atoms with Gasteiger partial charge in [-0.3, -0.25) is 4.90 Å². The Balaban J connectivity index is 2.84. The van der Waals surface area contributed by atoms with Gasteiger partial charge in [0.1, 0.15) is 0 Å². The minimum absolute atomic E-state index is 0.290. The first-order valence-electron chi connectivity index (χ1n) is 6.90. The molecule has 1 heterocycles. The maximum Gasteiger partial charge on any atom is 0.0304 e. The van der Waals surface area contributed by atoms with Gasteiger partial charge < -0.3 is 5.32 Å². The number of nitrogens with one attached hydrogen (secondary N) is 1. The van der Waals surface area contributed by atoms with E-state index in [1.54, 1.807) is 0 Å². The number of nitrogens with zero attached hydrogens (tertiary/aromatic N) is 1. The summed E-state index contributed by atoms with van der Waals surface area (Å²) < 4.78 is 0. The van der Waals surface area contributed by atoms with E-state index in [0.717, 1.165) is 6.54 Å². The lowest BCUT2D eigenvalue weighted by molar-refractivity contribution is 0.00368. The zero-order valence-electron chi connectivity index (χ0n) is 12.1. The quantitative estimate of drug-likeness (QED) is 0.796. The SMILES string of the molecule is CCC1CNC(CC)(CC)CN1C(C)(C)C. The summed E-state index contributed by atoms with van der Waals surface area (Å²) in [6.45, 7) is 16.3. The molecule has 0 saturated carbocycles. The zero-order valence-corrected chi connectivity index (χ0v) is 12.1. The Morgan fingerprint density at radius 1 is 1.19 bits per heavy atom. The van der Waals surface area contributed by atoms with E-state index in [2.05, 4.69) is 51.8 Å². The molecule has 1 aliphatic heterocycles. The highest BCUT2D eigenvalue weighted by atomic mass is 15.3. The molecular formula is C14H30N2. The molecule has 2 heteroatoms. The van der Waals surface area contributed by atoms with Crippen molar-refractivity contribution in [2.45, 2.75) is 77.9 Å². The second-order valence-corrected chi connectivity index (χ2v) is 6.23. The maximum atomic E-state index is 3.79. The van der Waals surface area contributed by atoms with Gasteiger partial charge in [0, 0.05) is 30.2 Å². The van der Waals surface area contributed by atoms with Crippen LogP contribution in [0.4, 0.5) is 0 Å². The molecule has 1 atom stereocenters. The van der Waals surface area contributed by atoms with Crippen LogP contribution < -0.4 is 5.32 Å². The van der Waals surface area contributed by atoms with Crippen LogP contribution in [0.25, 0.3) is 0 Å². The molecule has 16 heavy (non-hydrogen) atoms. The lowest BCUT2D eigenvalue weighted by Crippen LogP contribution is -2.67. The monoisotopic (exact) mass is 226 g/mol. The third-order valence-electron chi connectivity index (χ3n) is 4.31. The molecule has 0 bridgehead atoms. The molecule has 1 unspecified atom stereocenters. The predicted octanol–water partition coefficient (Wildman–Crippen LogP) is 3.03. The molecule has 1 fully saturated rings. The van der Waals surface area contributed by atoms with Crippen LogP contribution in [0, 0.1) is 0 Å². The molecular weight excluding hydrogens is 196 g/mol. The minimum atomic E-state index is 0.290. The Bertz CT molecular complexity index is 213. The second kappa shape index (κ2) is 5.05. The van der Waals surface area contributed by atoms with E-state index in [0.29, 0.717) is 17.1 Å². The Morgan fingerprint density at radius 3 is 2.12 bits per heavy atom. The molecule has 0 amide bonds. The number of piperazine rings is 1. The van der Waals surface area contributed by atoms with Crippen molar-refractivity contribution >= 4 is 0 Å². The molecule has 1 saturated heterocycles. The van der Waals surface area contributed by atoms with Gasteiger partial charge in [-0.2, -0.15) is 0 Å². The molecule has 96 valence electrons. The Labute approximate surface area is 102 Å². The summed E-state index contributed by atoms with van der Waals surface area (Å²) in [5, 5.41) is 3.79. The maximum absolute atomic E-state index is 3.79. The summed E-state index contributed by atoms with van der Waals surface area (Å²) >= 11 is 0. The number of rotatable bonds is 3. The van der Waals surface area contributed by atoms with Crippen molar-refractivity contribution in [3.63, 3.8) is 0 Å². The van der Waals surface area contributed by atoms with Gasteiger partial charge in [-0.15, -0.1) is 0 Å². The third-order valence-corrected chi connectivity index (χ3v) is 4.31. The Kier molecular flexibility index (Phi) is 4.42. The van der Waals surface area contributed by atoms with Crippen LogP contribution in [-0.2, 0) is 0 Å². The summed E-state index contributed by atoms with van der Waals surface area (Å²) in [6.07, 6.45) is 3.70. The van der Waals surface area contributed by atoms with Crippen molar-refractivity contribution in [3.8, 4) is 0 Å². The van der Waals surface area contributed by atoms with Crippen molar-refractivity contribution < 1.29 is 0 Å². The fourth-order valence-electron chi connectivity index (χ4n) is 2.83. The summed E-state index contributed by atoms with van der Waals surface area (Å²) in [5.41, 5.74) is 0.636. The molecule has 1 rings (SSSR count). The molecule has 0 aliphatic carbocycles. The first kappa shape index (κ1) is 14.0. The fourth-order valence-corrected chi connectivity index (χ4v) is 2.83. The average Bonchev–Trinajstić information content (AvgIpc) is 2.27. The molecule has 0 spiro atoms. The molecule has 1 aliphatic rings. The van der Waals surface area contributed by atoms with Crippen LogP contribution in [-0.4, -0.2) is 35.1 Å². The number of hydrogen-bond acceptors (Lipinski definition) is 2. The van der Waals surface area contributed by atoms with Crippen LogP contribution in [0.3, 0.4) is 0 Å². The lowest BCUT2D eigenvalue weighted by Gasteiger charge is -2.52. The highest BCUT2D eigenvalue weighted by Gasteiger charge is 2.40. The van der Waals surface area contributed by atoms with Gasteiger partial charge in [0.05, 0.1) is 0 Å². The zero-order chi connectivity index (χ0) is 12.4. The largest absolute Gasteiger partial charge is 0.308 e. The first-order valence-corrected chi connectivity index (χ1v) is 6.90. The molecule has 0 aromatic carbocycles. The van der Waals surface area contributed by atoms with Gasteiger partial charge in [-0.05, 0) is 40.0 Å². The molecule has 0 aromatic heterocycles. The summed E-state index contributed by atoms with van der Waals surface area (Å²) in [4.78, 5) is 2.70. The number of hydrogen-bond donors (Lipinski definition) is 1. The van der Waals surface area contributed by atoms with E-state index in [1.165, 1.54) is 25.8 Å². The highest BCUT2D eigenvalue weighted by molar-refractivity contribution is 4.99. The normalized spacial score (nSPS) is 27.0. The van der Waals surface area contributed by atoms with E-state index in [1.807, 2.05) is 0 Å². The van der Waals surface area contributed by atoms with E-state index in [4.69, 9.17) is 0 Å². The molecule has 0 radical (unpaired) electrons. The standard InChI is InChI=1S/C14H30N2/c1-7-12-10-15-14(8-2,9-3)11-16(12)13(4,5)6/h12,15H,7-11H2,1-6H3. The highest BCUT2D eigenvalue weighted by Crippen LogP contribution is 2.29. The van der Waals surface area contributed by atoms with Crippen molar-refractivity contribution in [1.29, 1.82) is 0 Å². The fraction of sp³-hybridized carbons (Fsp3) is 1.00. The van der Waals surface area contributed by atoms with Crippen LogP contribution in [0.2, 0.25) is 0 Å². The third kappa shape index (κ3) is 2.78. The summed E-state index contributed by atoms with van der Waals surface area (Å²) in [7, 11) is 0. The van der Waals surface area contributed by atoms with E-state index < -0.39 is 0 Å². The van der Waals surface area contributed by atoms with Crippen LogP contribution in [0.1, 0.15) is 60.8 Å². The molecule has 1 N–H and O–H groups in total. The van der Waals surface area contributed by atoms with Gasteiger partial charge in [-0.25, -0.2) is 0 Å². The smallest absolute Gasteiger partial charge is 0.0304 e. The van der Waals surface area contributed by atoms with Gasteiger partial charge in [-0.1, -0.05) is 20.8 Å². The van der Waals surface area contributed by atoms with Gasteiger partial charge in [0.2, 0.25) is 0 Å². The van der Waals surface area contributed by atoms with E-state index >= 15 is 0 Å². The van der Waals surface area contributed by atoms with E-state index in [9.17, 15) is 0 Å². The van der Waals surface area contributed by atoms with Crippen LogP contribution >= 0.6 is 0 Å². The first-order chi connectivity index (χ1) is 7.38. The predicted molar refractivity (Wildman–Crippen MR) is 71.9 cm³/mol. The Morgan fingerprint density at radius 2 is 1.75 bits per heavy atom. The molecule has 2 nitrogen and oxygen atoms in total. The van der Waals surface area contributed by atoms with Crippen LogP contribution in [0.15, 0.2) is 0 Å². The summed E-state index contributed by atoms with van der Waals surface area (Å²) in [6, 6.07) is 0.700. The molecule has 0 aromatic rings. The lowest BCUT2D eigenvalue weighted by atomic mass is 9.85. The summed E-state index contributed by atoms with van der Waals surface area (Å²) in [5.74, 6) is 0. The second-order valence-electron chi connectivity index (χ2n) is 6.23. The van der Waals surface area contributed by atoms with Crippen molar-refractivity contribution in [1.82, 2.24) is 10.2 Å². The van der Waals surface area contributed by atoms with Gasteiger partial charge in [0.15, 0.2) is 0 Å². The topological polar surface area (TPSA) is 15.3 Å². The average molecular weight is 226 g/mol. The van der Waals surface area contributed by atoms with Crippen molar-refractivity contribution in [2.75, 3.05) is 13.1 Å². The van der Waals surface area contributed by atoms with E-state index in [-0.39, 0.29) is 0 Å². The van der Waals surface area contributed by atoms with Crippen molar-refractivity contribution in [3.05, 3.63) is 0 Å². The Hall–Kier alpha value is -0.0800. The van der Waals surface area contributed by atoms with Crippen LogP contribution in [0.5, 0.6) is 0 Å². The van der Waals surface area contributed by atoms with Gasteiger partial charge in [0.25, 0.3) is 0 Å². The van der Waals surface area contributed by atoms with Gasteiger partial charge >= 0.3 is 0 Å². The minimum Gasteiger partial charge on any atom is -0.308 e. The van der Waals surface area contributed by atoms with Crippen molar-refractivity contribution in [2.24, 2.45) is 0 Å².